The first kappa shape index (κ1) is 84.8. The molecule has 133 heavy (non-hydrogen) atoms. The van der Waals surface area contributed by atoms with Crippen LogP contribution in [-0.4, -0.2) is 212 Å². The number of hydrogen-bond donors (Lipinski definition) is 0. The van der Waals surface area contributed by atoms with Gasteiger partial charge in [0.25, 0.3) is 0 Å². The Morgan fingerprint density at radius 1 is 0.173 bits per heavy atom. The van der Waals surface area contributed by atoms with Gasteiger partial charge in [0.2, 0.25) is 0 Å². The van der Waals surface area contributed by atoms with Crippen LogP contribution in [0.2, 0.25) is 0 Å². The molecule has 0 amide bonds. The highest BCUT2D eigenvalue weighted by molar-refractivity contribution is 5.61. The standard InChI is InChI=1S/C111H110O22/c1-10-90(112-44-92-46-114-92)11-2-66(1)19-73-33-87-42-81-27-72(9-18-107(81)129-61-98-52-120-98)30-83-36-74(35-82(108(83)130-62-99-53-121-99)20-67-3-12-91(13-4-67)113-45-93-47-115-93)31-79-24-69(6-15-105(79)127-59-96-50-118-96)23-77-21-68(5-14-103(77)125-57-94-48-116-94)22-78-25-70(7-16-104(78)126-58-95-49-117-95)28-84-37-75-32-80-26-71(8-17-106(80)128-60-97-51-119-97)29-85-39-76(40-86(38-75)109(84)131-63-100-54-122-100)41-89(110(85)132-64-101-55-123-101)43-88(34-73)111(87)133-65-102-56-124-102/h1-18,21,24-27,33-39,41,92-102H,19-20,22-23,28-32,40,42-65H2. The quantitative estimate of drug-likeness (QED) is 0.0329. The van der Waals surface area contributed by atoms with Crippen LogP contribution in [0.3, 0.4) is 0 Å². The van der Waals surface area contributed by atoms with Crippen molar-refractivity contribution < 1.29 is 104 Å². The highest BCUT2D eigenvalue weighted by Gasteiger charge is 2.36. The Morgan fingerprint density at radius 3 is 0.692 bits per heavy atom. The first-order chi connectivity index (χ1) is 65.6. The molecule has 0 saturated carbocycles. The summed E-state index contributed by atoms with van der Waals surface area (Å²) >= 11 is 0. The van der Waals surface area contributed by atoms with E-state index in [1.165, 1.54) is 0 Å². The van der Waals surface area contributed by atoms with E-state index >= 15 is 0 Å². The van der Waals surface area contributed by atoms with Gasteiger partial charge in [0.05, 0.1) is 72.7 Å². The van der Waals surface area contributed by atoms with Crippen molar-refractivity contribution in [3.63, 3.8) is 0 Å². The molecule has 11 unspecified atom stereocenters. The molecule has 22 nitrogen and oxygen atoms in total. The average molecular weight is 1800 g/mol. The van der Waals surface area contributed by atoms with Crippen molar-refractivity contribution in [2.45, 2.75) is 144 Å². The zero-order chi connectivity index (χ0) is 88.1. The van der Waals surface area contributed by atoms with Gasteiger partial charge in [-0.1, -0.05) is 133 Å². The van der Waals surface area contributed by atoms with Crippen LogP contribution in [0.1, 0.15) is 134 Å². The molecule has 11 saturated heterocycles. The number of hydrogen-bond acceptors (Lipinski definition) is 22. The summed E-state index contributed by atoms with van der Waals surface area (Å²) in [7, 11) is 0. The Kier molecular flexibility index (Phi) is 24.2. The van der Waals surface area contributed by atoms with E-state index < -0.39 is 0 Å². The fraction of sp³-hybridized carbons (Fsp3) is 0.405. The molecule has 24 rings (SSSR count). The highest BCUT2D eigenvalue weighted by atomic mass is 16.6. The van der Waals surface area contributed by atoms with E-state index in [1.807, 2.05) is 0 Å². The second kappa shape index (κ2) is 37.9. The van der Waals surface area contributed by atoms with E-state index in [0.717, 1.165) is 203 Å². The molecule has 11 heterocycles. The normalized spacial score (nSPS) is 23.1. The molecule has 11 fully saturated rings. The zero-order valence-corrected chi connectivity index (χ0v) is 74.8. The smallest absolute Gasteiger partial charge is 0.126 e. The van der Waals surface area contributed by atoms with Crippen molar-refractivity contribution in [2.24, 2.45) is 0 Å². The van der Waals surface area contributed by atoms with E-state index in [0.29, 0.717) is 216 Å². The van der Waals surface area contributed by atoms with Crippen LogP contribution in [0.4, 0.5) is 0 Å². The van der Waals surface area contributed by atoms with Crippen LogP contribution < -0.4 is 52.1 Å². The number of fused-ring (bicyclic) bond motifs is 18. The SMILES string of the molecule is c1cc(OCC2CO2)ccc1Cc1cc2c(OCC3CO3)c(c1)Cc1cc3cc(c1OCC1CO1)Cc1ccc(OCC4CO4)c(c1)Cc1cc(c(OCC4CO4)c(c1)C3)Cc1ccc(OCC3CO3)c(c1)Cc1ccc(OCC3CO3)c(c1)Cc1ccc(OCC3CO3)c(c1)Cc1cc(Cc3ccc(OCC4CO4)cc3)c(OCC3CO3)c(c1)Cc1ccc(OCC3CO3)c(c1)C2. The van der Waals surface area contributed by atoms with Gasteiger partial charge in [0, 0.05) is 70.6 Å². The predicted octanol–water partition coefficient (Wildman–Crippen LogP) is 15.0. The Morgan fingerprint density at radius 2 is 0.383 bits per heavy atom. The summed E-state index contributed by atoms with van der Waals surface area (Å²) in [5.41, 5.74) is 25.8. The largest absolute Gasteiger partial charge is 0.491 e. The van der Waals surface area contributed by atoms with Gasteiger partial charge in [-0.05, 0) is 195 Å². The van der Waals surface area contributed by atoms with Crippen molar-refractivity contribution >= 4 is 0 Å². The molecular weight excluding hydrogens is 1690 g/mol. The monoisotopic (exact) mass is 1790 g/mol. The molecular formula is C111H110O22. The van der Waals surface area contributed by atoms with Gasteiger partial charge in [-0.25, -0.2) is 0 Å². The third kappa shape index (κ3) is 22.7. The van der Waals surface area contributed by atoms with E-state index in [2.05, 4.69) is 188 Å². The molecule has 0 radical (unpaired) electrons. The van der Waals surface area contributed by atoms with Crippen molar-refractivity contribution in [1.29, 1.82) is 0 Å². The van der Waals surface area contributed by atoms with Crippen LogP contribution in [-0.2, 0) is 129 Å². The molecule has 11 atom stereocenters. The zero-order valence-electron chi connectivity index (χ0n) is 74.8. The summed E-state index contributed by atoms with van der Waals surface area (Å²) in [6.07, 6.45) is 6.77. The van der Waals surface area contributed by atoms with E-state index in [4.69, 9.17) is 104 Å². The van der Waals surface area contributed by atoms with Crippen LogP contribution in [0.15, 0.2) is 188 Å². The lowest BCUT2D eigenvalue weighted by Crippen LogP contribution is -2.13. The highest BCUT2D eigenvalue weighted by Crippen LogP contribution is 2.45. The summed E-state index contributed by atoms with van der Waals surface area (Å²) in [6, 6.07) is 69.4. The topological polar surface area (TPSA) is 239 Å². The molecule has 11 aliphatic heterocycles. The minimum atomic E-state index is -0.0710. The molecule has 11 aromatic rings. The molecule has 686 valence electrons. The van der Waals surface area contributed by atoms with Gasteiger partial charge in [-0.15, -0.1) is 0 Å². The number of rotatable bonds is 37. The maximum absolute atomic E-state index is 7.45. The number of ether oxygens (including phenoxy) is 22. The Balaban J connectivity index is 0.693. The van der Waals surface area contributed by atoms with Gasteiger partial charge in [-0.3, -0.25) is 0 Å². The van der Waals surface area contributed by atoms with Gasteiger partial charge >= 0.3 is 0 Å². The van der Waals surface area contributed by atoms with Gasteiger partial charge in [-0.2, -0.15) is 0 Å². The molecule has 0 spiro atoms. The minimum absolute atomic E-state index is 0.0123. The van der Waals surface area contributed by atoms with Gasteiger partial charge in [0.15, 0.2) is 0 Å². The fourth-order valence-corrected chi connectivity index (χ4v) is 18.5. The maximum Gasteiger partial charge on any atom is 0.126 e. The van der Waals surface area contributed by atoms with Crippen LogP contribution in [0.5, 0.6) is 63.2 Å². The summed E-state index contributed by atoms with van der Waals surface area (Å²) in [4.78, 5) is 0. The first-order valence-corrected chi connectivity index (χ1v) is 47.6. The lowest BCUT2D eigenvalue weighted by molar-refractivity contribution is 0.256. The van der Waals surface area contributed by atoms with E-state index in [1.54, 1.807) is 0 Å². The fourth-order valence-electron chi connectivity index (χ4n) is 18.5. The molecule has 11 aromatic carbocycles. The Labute approximate surface area is 774 Å². The van der Waals surface area contributed by atoms with Crippen LogP contribution in [0, 0.1) is 0 Å². The predicted molar refractivity (Wildman–Crippen MR) is 492 cm³/mol. The third-order valence-electron chi connectivity index (χ3n) is 26.5. The molecule has 0 aromatic heterocycles. The average Bonchev–Trinajstić information content (AvgIpc) is 1.60. The summed E-state index contributed by atoms with van der Waals surface area (Å²) in [5.74, 6) is 8.91. The number of epoxide rings is 11. The van der Waals surface area contributed by atoms with Crippen molar-refractivity contribution in [1.82, 2.24) is 0 Å². The Bertz CT molecular complexity index is 6070. The van der Waals surface area contributed by atoms with Crippen molar-refractivity contribution in [3.05, 3.63) is 322 Å². The molecule has 2 aliphatic carbocycles. The van der Waals surface area contributed by atoms with E-state index in [-0.39, 0.29) is 67.1 Å². The van der Waals surface area contributed by atoms with Crippen molar-refractivity contribution in [2.75, 3.05) is 145 Å². The summed E-state index contributed by atoms with van der Waals surface area (Å²) < 4.78 is 140. The molecule has 0 N–H and O–H groups in total. The lowest BCUT2D eigenvalue weighted by atomic mass is 9.87. The second-order valence-corrected chi connectivity index (χ2v) is 38.0. The Hall–Kier alpha value is -11.2. The third-order valence-corrected chi connectivity index (χ3v) is 26.5. The van der Waals surface area contributed by atoms with Gasteiger partial charge in [0.1, 0.15) is 203 Å². The molecule has 20 bridgehead atoms. The van der Waals surface area contributed by atoms with Crippen LogP contribution in [0.25, 0.3) is 0 Å². The van der Waals surface area contributed by atoms with E-state index in [9.17, 15) is 0 Å². The molecule has 13 aliphatic rings. The maximum atomic E-state index is 7.45. The number of benzene rings is 11. The van der Waals surface area contributed by atoms with Crippen LogP contribution >= 0.6 is 0 Å². The van der Waals surface area contributed by atoms with Gasteiger partial charge < -0.3 is 104 Å². The summed E-state index contributed by atoms with van der Waals surface area (Å²) in [6.45, 7) is 12.0. The van der Waals surface area contributed by atoms with Crippen molar-refractivity contribution in [3.8, 4) is 63.2 Å². The summed E-state index contributed by atoms with van der Waals surface area (Å²) in [5, 5.41) is 0. The first-order valence-electron chi connectivity index (χ1n) is 47.6. The minimum Gasteiger partial charge on any atom is -0.491 e. The second-order valence-electron chi connectivity index (χ2n) is 38.0. The lowest BCUT2D eigenvalue weighted by Gasteiger charge is -2.24. The molecule has 22 heteroatoms.